The van der Waals surface area contributed by atoms with Gasteiger partial charge in [0.2, 0.25) is 11.8 Å². The SMILES string of the molecule is CC(=O)NCCN(C(=O)CNC(=O)c1cccc(F)c1)C(C)C(=O)O. The minimum atomic E-state index is -1.22. The number of aliphatic carboxylic acids is 1. The van der Waals surface area contributed by atoms with Crippen LogP contribution in [-0.4, -0.2) is 59.4 Å². The van der Waals surface area contributed by atoms with Crippen LogP contribution < -0.4 is 10.6 Å². The van der Waals surface area contributed by atoms with Crippen molar-refractivity contribution in [3.8, 4) is 0 Å². The van der Waals surface area contributed by atoms with Crippen LogP contribution in [0, 0.1) is 5.82 Å². The Balaban J connectivity index is 2.68. The molecule has 0 heterocycles. The first-order valence-electron chi connectivity index (χ1n) is 7.53. The fraction of sp³-hybridized carbons (Fsp3) is 0.375. The number of nitrogens with one attached hydrogen (secondary N) is 2. The van der Waals surface area contributed by atoms with E-state index in [2.05, 4.69) is 10.6 Å². The van der Waals surface area contributed by atoms with Crippen LogP contribution in [0.1, 0.15) is 24.2 Å². The maximum Gasteiger partial charge on any atom is 0.326 e. The second-order valence-corrected chi connectivity index (χ2v) is 5.28. The van der Waals surface area contributed by atoms with E-state index in [1.54, 1.807) is 0 Å². The highest BCUT2D eigenvalue weighted by atomic mass is 19.1. The van der Waals surface area contributed by atoms with Crippen molar-refractivity contribution in [2.24, 2.45) is 0 Å². The van der Waals surface area contributed by atoms with Crippen molar-refractivity contribution >= 4 is 23.7 Å². The van der Waals surface area contributed by atoms with Crippen molar-refractivity contribution in [2.45, 2.75) is 19.9 Å². The van der Waals surface area contributed by atoms with E-state index >= 15 is 0 Å². The lowest BCUT2D eigenvalue weighted by molar-refractivity contribution is -0.149. The van der Waals surface area contributed by atoms with E-state index in [1.807, 2.05) is 0 Å². The van der Waals surface area contributed by atoms with Crippen molar-refractivity contribution in [2.75, 3.05) is 19.6 Å². The van der Waals surface area contributed by atoms with Crippen LogP contribution in [0.3, 0.4) is 0 Å². The van der Waals surface area contributed by atoms with Crippen molar-refractivity contribution < 1.29 is 28.7 Å². The average Bonchev–Trinajstić information content (AvgIpc) is 2.55. The van der Waals surface area contributed by atoms with Gasteiger partial charge in [-0.2, -0.15) is 0 Å². The van der Waals surface area contributed by atoms with Crippen molar-refractivity contribution in [1.29, 1.82) is 0 Å². The molecule has 3 amide bonds. The summed E-state index contributed by atoms with van der Waals surface area (Å²) in [6, 6.07) is 3.82. The lowest BCUT2D eigenvalue weighted by atomic mass is 10.2. The van der Waals surface area contributed by atoms with E-state index < -0.39 is 36.2 Å². The molecule has 3 N–H and O–H groups in total. The number of rotatable bonds is 8. The molecule has 25 heavy (non-hydrogen) atoms. The molecule has 0 aliphatic carbocycles. The first-order valence-corrected chi connectivity index (χ1v) is 7.53. The quantitative estimate of drug-likeness (QED) is 0.608. The van der Waals surface area contributed by atoms with E-state index in [0.717, 1.165) is 11.0 Å². The summed E-state index contributed by atoms with van der Waals surface area (Å²) in [7, 11) is 0. The molecular formula is C16H20FN3O5. The predicted octanol–water partition coefficient (Wildman–Crippen LogP) is -0.00670. The zero-order valence-electron chi connectivity index (χ0n) is 13.9. The van der Waals surface area contributed by atoms with Crippen LogP contribution in [0.25, 0.3) is 0 Å². The summed E-state index contributed by atoms with van der Waals surface area (Å²) < 4.78 is 13.1. The number of amides is 3. The smallest absolute Gasteiger partial charge is 0.326 e. The summed E-state index contributed by atoms with van der Waals surface area (Å²) in [6.45, 7) is 2.22. The first kappa shape index (κ1) is 20.1. The van der Waals surface area contributed by atoms with Crippen molar-refractivity contribution in [1.82, 2.24) is 15.5 Å². The third-order valence-corrected chi connectivity index (χ3v) is 3.36. The molecule has 8 nitrogen and oxygen atoms in total. The topological polar surface area (TPSA) is 116 Å². The summed E-state index contributed by atoms with van der Waals surface area (Å²) in [5.74, 6) is -3.40. The molecule has 1 aromatic rings. The molecule has 0 radical (unpaired) electrons. The molecule has 1 aromatic carbocycles. The Morgan fingerprint density at radius 1 is 1.24 bits per heavy atom. The standard InChI is InChI=1S/C16H20FN3O5/c1-10(16(24)25)20(7-6-18-11(2)21)14(22)9-19-15(23)12-4-3-5-13(17)8-12/h3-5,8,10H,6-7,9H2,1-2H3,(H,18,21)(H,19,23)(H,24,25). The molecule has 1 rings (SSSR count). The Labute approximate surface area is 144 Å². The van der Waals surface area contributed by atoms with Gasteiger partial charge in [-0.25, -0.2) is 9.18 Å². The number of benzene rings is 1. The highest BCUT2D eigenvalue weighted by molar-refractivity contribution is 5.96. The molecule has 0 saturated carbocycles. The molecule has 1 unspecified atom stereocenters. The zero-order chi connectivity index (χ0) is 19.0. The normalized spacial score (nSPS) is 11.3. The largest absolute Gasteiger partial charge is 0.480 e. The van der Waals surface area contributed by atoms with Crippen LogP contribution in [0.15, 0.2) is 24.3 Å². The van der Waals surface area contributed by atoms with Crippen LogP contribution in [0.5, 0.6) is 0 Å². The van der Waals surface area contributed by atoms with Gasteiger partial charge in [0.05, 0.1) is 6.54 Å². The molecule has 0 aliphatic rings. The molecule has 0 aromatic heterocycles. The van der Waals surface area contributed by atoms with Gasteiger partial charge in [-0.1, -0.05) is 6.07 Å². The molecule has 1 atom stereocenters. The van der Waals surface area contributed by atoms with Crippen LogP contribution in [-0.2, 0) is 14.4 Å². The number of hydrogen-bond acceptors (Lipinski definition) is 4. The van der Waals surface area contributed by atoms with Crippen molar-refractivity contribution in [3.63, 3.8) is 0 Å². The molecule has 0 spiro atoms. The van der Waals surface area contributed by atoms with Gasteiger partial charge in [0, 0.05) is 25.6 Å². The number of nitrogens with zero attached hydrogens (tertiary/aromatic N) is 1. The van der Waals surface area contributed by atoms with Crippen LogP contribution in [0.2, 0.25) is 0 Å². The Kier molecular flexibility index (Phi) is 7.51. The maximum absolute atomic E-state index is 13.1. The van der Waals surface area contributed by atoms with Crippen molar-refractivity contribution in [3.05, 3.63) is 35.6 Å². The van der Waals surface area contributed by atoms with Gasteiger partial charge < -0.3 is 20.6 Å². The number of halogens is 1. The zero-order valence-corrected chi connectivity index (χ0v) is 13.9. The number of carbonyl (C=O) groups excluding carboxylic acids is 3. The number of carboxylic acid groups (broad SMARTS) is 1. The van der Waals surface area contributed by atoms with Gasteiger partial charge in [0.25, 0.3) is 5.91 Å². The summed E-state index contributed by atoms with van der Waals surface area (Å²) in [4.78, 5) is 47.2. The second kappa shape index (κ2) is 9.36. The summed E-state index contributed by atoms with van der Waals surface area (Å²) in [5, 5.41) is 13.9. The van der Waals surface area contributed by atoms with Crippen LogP contribution in [0.4, 0.5) is 4.39 Å². The Hall–Kier alpha value is -2.97. The summed E-state index contributed by atoms with van der Waals surface area (Å²) in [6.07, 6.45) is 0. The lowest BCUT2D eigenvalue weighted by Crippen LogP contribution is -2.50. The molecule has 0 fully saturated rings. The highest BCUT2D eigenvalue weighted by Crippen LogP contribution is 2.04. The van der Waals surface area contributed by atoms with E-state index in [0.29, 0.717) is 0 Å². The molecular weight excluding hydrogens is 333 g/mol. The third-order valence-electron chi connectivity index (χ3n) is 3.36. The minimum Gasteiger partial charge on any atom is -0.480 e. The number of hydrogen-bond donors (Lipinski definition) is 3. The maximum atomic E-state index is 13.1. The van der Waals surface area contributed by atoms with Gasteiger partial charge in [-0.15, -0.1) is 0 Å². The minimum absolute atomic E-state index is 0.0261. The Morgan fingerprint density at radius 3 is 2.48 bits per heavy atom. The number of carbonyl (C=O) groups is 4. The second-order valence-electron chi connectivity index (χ2n) is 5.28. The van der Waals surface area contributed by atoms with E-state index in [9.17, 15) is 23.6 Å². The summed E-state index contributed by atoms with van der Waals surface area (Å²) in [5.41, 5.74) is 0.0453. The van der Waals surface area contributed by atoms with Gasteiger partial charge >= 0.3 is 5.97 Å². The first-order chi connectivity index (χ1) is 11.7. The van der Waals surface area contributed by atoms with Gasteiger partial charge in [-0.05, 0) is 25.1 Å². The number of carboxylic acids is 1. The van der Waals surface area contributed by atoms with E-state index in [-0.39, 0.29) is 24.6 Å². The average molecular weight is 353 g/mol. The fourth-order valence-corrected chi connectivity index (χ4v) is 2.01. The fourth-order valence-electron chi connectivity index (χ4n) is 2.01. The van der Waals surface area contributed by atoms with Gasteiger partial charge in [0.15, 0.2) is 0 Å². The van der Waals surface area contributed by atoms with Crippen LogP contribution >= 0.6 is 0 Å². The van der Waals surface area contributed by atoms with Gasteiger partial charge in [0.1, 0.15) is 11.9 Å². The molecule has 136 valence electrons. The van der Waals surface area contributed by atoms with E-state index in [4.69, 9.17) is 5.11 Å². The predicted molar refractivity (Wildman–Crippen MR) is 86.2 cm³/mol. The van der Waals surface area contributed by atoms with Gasteiger partial charge in [-0.3, -0.25) is 14.4 Å². The highest BCUT2D eigenvalue weighted by Gasteiger charge is 2.25. The lowest BCUT2D eigenvalue weighted by Gasteiger charge is -2.26. The molecule has 0 saturated heterocycles. The Bertz CT molecular complexity index is 665. The molecule has 9 heteroatoms. The Morgan fingerprint density at radius 2 is 1.92 bits per heavy atom. The molecule has 0 aliphatic heterocycles. The molecule has 0 bridgehead atoms. The monoisotopic (exact) mass is 353 g/mol. The third kappa shape index (κ3) is 6.58. The summed E-state index contributed by atoms with van der Waals surface area (Å²) >= 11 is 0. The van der Waals surface area contributed by atoms with E-state index in [1.165, 1.54) is 32.0 Å².